The number of nitrogens with zero attached hydrogens (tertiary/aromatic N) is 6. The summed E-state index contributed by atoms with van der Waals surface area (Å²) < 4.78 is 11.1. The highest BCUT2D eigenvalue weighted by Crippen LogP contribution is 2.40. The predicted octanol–water partition coefficient (Wildman–Crippen LogP) is 0.325. The van der Waals surface area contributed by atoms with Gasteiger partial charge in [0.15, 0.2) is 24.1 Å². The van der Waals surface area contributed by atoms with E-state index in [1.165, 1.54) is 35.6 Å². The number of carboxylic acid groups (broad SMARTS) is 1. The van der Waals surface area contributed by atoms with Gasteiger partial charge in [-0.2, -0.15) is 9.36 Å². The number of nitrogens with one attached hydrogen (secondary N) is 2. The third kappa shape index (κ3) is 6.88. The molecule has 5 N–H and O–H groups in total. The average Bonchev–Trinajstić information content (AvgIpc) is 3.69. The second-order valence-electron chi connectivity index (χ2n) is 11.1. The SMILES string of the molecule is CO/N=C(\C(=O)N[C@@H]1C(=O)N2C(C(=O)O)=C(C[n+]3ccc(-c4ccc(N5C[C@H](CNC(C)=O)OC5=O)cc4)cc3)CSC12)c1nsc(N)n1. The second-order valence-corrected chi connectivity index (χ2v) is 12.9. The van der Waals surface area contributed by atoms with Gasteiger partial charge in [-0.3, -0.25) is 24.2 Å². The zero-order chi connectivity index (χ0) is 34.8. The predicted molar refractivity (Wildman–Crippen MR) is 176 cm³/mol. The molecule has 3 aromatic rings. The second kappa shape index (κ2) is 13.9. The number of fused-ring (bicyclic) bond motifs is 1. The molecular formula is C30H30N9O8S2+. The van der Waals surface area contributed by atoms with Crippen molar-refractivity contribution >= 4 is 69.6 Å². The molecule has 3 aliphatic rings. The van der Waals surface area contributed by atoms with E-state index >= 15 is 0 Å². The number of oxime groups is 1. The minimum atomic E-state index is -1.25. The van der Waals surface area contributed by atoms with Crippen LogP contribution in [-0.2, 0) is 35.3 Å². The molecule has 0 aliphatic carbocycles. The van der Waals surface area contributed by atoms with Crippen molar-refractivity contribution in [1.82, 2.24) is 24.9 Å². The molecule has 5 heterocycles. The van der Waals surface area contributed by atoms with Gasteiger partial charge in [-0.25, -0.2) is 14.2 Å². The number of pyridine rings is 1. The molecule has 2 saturated heterocycles. The third-order valence-corrected chi connectivity index (χ3v) is 9.70. The van der Waals surface area contributed by atoms with E-state index < -0.39 is 41.4 Å². The van der Waals surface area contributed by atoms with Crippen LogP contribution in [0, 0.1) is 0 Å². The van der Waals surface area contributed by atoms with Gasteiger partial charge in [-0.05, 0) is 23.3 Å². The lowest BCUT2D eigenvalue weighted by molar-refractivity contribution is -0.689. The summed E-state index contributed by atoms with van der Waals surface area (Å²) in [6.07, 6.45) is 2.71. The molecule has 0 saturated carbocycles. The molecule has 0 spiro atoms. The summed E-state index contributed by atoms with van der Waals surface area (Å²) in [5, 5.41) is 18.5. The Balaban J connectivity index is 1.10. The highest BCUT2D eigenvalue weighted by Gasteiger charge is 2.55. The van der Waals surface area contributed by atoms with E-state index in [1.807, 2.05) is 53.4 Å². The Labute approximate surface area is 286 Å². The van der Waals surface area contributed by atoms with Crippen LogP contribution in [0.4, 0.5) is 15.6 Å². The van der Waals surface area contributed by atoms with E-state index in [-0.39, 0.29) is 41.4 Å². The van der Waals surface area contributed by atoms with Crippen LogP contribution < -0.4 is 25.8 Å². The highest BCUT2D eigenvalue weighted by molar-refractivity contribution is 8.00. The number of thioether (sulfide) groups is 1. The van der Waals surface area contributed by atoms with Gasteiger partial charge in [0.2, 0.25) is 17.4 Å². The molecule has 1 unspecified atom stereocenters. The standard InChI is InChI=1S/C30H29N9O8S2/c1-15(40)32-11-20-13-38(30(45)47-20)19-5-3-16(4-6-19)17-7-9-37(10-8-17)12-18-14-48-27-22(26(42)39(27)23(18)28(43)44)33-25(41)21(35-46-2)24-34-29(31)49-36-24/h3-10,20,22,27H,11-14H2,1-2H3,(H4-,31,32,33,34,36,40,41,43,44)/p+1/b35-21-/t20-,22+,27?/m0/s1. The van der Waals surface area contributed by atoms with E-state index in [1.54, 1.807) is 0 Å². The lowest BCUT2D eigenvalue weighted by atomic mass is 10.0. The molecule has 3 aliphatic heterocycles. The summed E-state index contributed by atoms with van der Waals surface area (Å²) in [5.41, 5.74) is 8.22. The molecule has 49 heavy (non-hydrogen) atoms. The number of β-lactam (4-membered cyclic amide) rings is 1. The van der Waals surface area contributed by atoms with Crippen LogP contribution >= 0.6 is 23.3 Å². The van der Waals surface area contributed by atoms with E-state index in [0.717, 1.165) is 22.7 Å². The topological polar surface area (TPSA) is 223 Å². The smallest absolute Gasteiger partial charge is 0.414 e. The van der Waals surface area contributed by atoms with Gasteiger partial charge in [-0.1, -0.05) is 17.3 Å². The lowest BCUT2D eigenvalue weighted by Crippen LogP contribution is -2.71. The van der Waals surface area contributed by atoms with Gasteiger partial charge in [0.1, 0.15) is 30.3 Å². The summed E-state index contributed by atoms with van der Waals surface area (Å²) >= 11 is 2.20. The Hall–Kier alpha value is -5.56. The van der Waals surface area contributed by atoms with E-state index in [4.69, 9.17) is 15.3 Å². The van der Waals surface area contributed by atoms with Crippen LogP contribution in [0.2, 0.25) is 0 Å². The minimum Gasteiger partial charge on any atom is -0.477 e. The molecule has 6 rings (SSSR count). The fourth-order valence-electron chi connectivity index (χ4n) is 5.53. The van der Waals surface area contributed by atoms with Gasteiger partial charge < -0.3 is 31.0 Å². The Morgan fingerprint density at radius 1 is 1.16 bits per heavy atom. The maximum Gasteiger partial charge on any atom is 0.414 e. The summed E-state index contributed by atoms with van der Waals surface area (Å²) in [7, 11) is 1.24. The van der Waals surface area contributed by atoms with E-state index in [2.05, 4.69) is 25.1 Å². The van der Waals surface area contributed by atoms with Crippen LogP contribution in [0.15, 0.2) is 65.2 Å². The maximum atomic E-state index is 13.2. The molecule has 0 bridgehead atoms. The van der Waals surface area contributed by atoms with Crippen LogP contribution in [0.25, 0.3) is 11.1 Å². The first kappa shape index (κ1) is 33.3. The Bertz CT molecular complexity index is 1880. The van der Waals surface area contributed by atoms with Crippen LogP contribution in [0.1, 0.15) is 12.7 Å². The van der Waals surface area contributed by atoms with Gasteiger partial charge >= 0.3 is 12.1 Å². The van der Waals surface area contributed by atoms with Crippen molar-refractivity contribution in [2.45, 2.75) is 31.0 Å². The number of carboxylic acids is 1. The van der Waals surface area contributed by atoms with Crippen molar-refractivity contribution in [3.8, 4) is 11.1 Å². The van der Waals surface area contributed by atoms with Gasteiger partial charge in [0.25, 0.3) is 11.8 Å². The van der Waals surface area contributed by atoms with Gasteiger partial charge in [0, 0.05) is 47.6 Å². The third-order valence-electron chi connectivity index (χ3n) is 7.82. The largest absolute Gasteiger partial charge is 0.477 e. The normalized spacial score (nSPS) is 20.4. The van der Waals surface area contributed by atoms with Crippen LogP contribution in [0.3, 0.4) is 0 Å². The molecule has 3 atom stereocenters. The monoisotopic (exact) mass is 708 g/mol. The number of carbonyl (C=O) groups excluding carboxylic acids is 4. The van der Waals surface area contributed by atoms with Crippen molar-refractivity contribution in [1.29, 1.82) is 0 Å². The number of benzene rings is 1. The Morgan fingerprint density at radius 2 is 1.88 bits per heavy atom. The first-order chi connectivity index (χ1) is 23.5. The molecule has 4 amide bonds. The van der Waals surface area contributed by atoms with Crippen molar-refractivity contribution in [2.75, 3.05) is 36.6 Å². The van der Waals surface area contributed by atoms with Gasteiger partial charge in [-0.15, -0.1) is 11.8 Å². The molecular weight excluding hydrogens is 679 g/mol. The maximum absolute atomic E-state index is 13.2. The summed E-state index contributed by atoms with van der Waals surface area (Å²) in [4.78, 5) is 73.5. The molecule has 19 heteroatoms. The summed E-state index contributed by atoms with van der Waals surface area (Å²) in [5.74, 6) is -2.52. The fraction of sp³-hybridized carbons (Fsp3) is 0.300. The lowest BCUT2D eigenvalue weighted by Gasteiger charge is -2.49. The number of ether oxygens (including phenoxy) is 1. The number of anilines is 2. The zero-order valence-corrected chi connectivity index (χ0v) is 27.7. The molecule has 0 radical (unpaired) electrons. The number of amides is 4. The molecule has 17 nitrogen and oxygen atoms in total. The number of aromatic nitrogens is 3. The number of nitrogens with two attached hydrogens (primary N) is 1. The highest BCUT2D eigenvalue weighted by atomic mass is 32.2. The Kier molecular flexibility index (Phi) is 9.45. The van der Waals surface area contributed by atoms with Crippen molar-refractivity contribution in [3.63, 3.8) is 0 Å². The van der Waals surface area contributed by atoms with Crippen molar-refractivity contribution < 1.29 is 43.2 Å². The minimum absolute atomic E-state index is 0.0572. The number of cyclic esters (lactones) is 1. The van der Waals surface area contributed by atoms with Crippen LogP contribution in [-0.4, -0.2) is 98.3 Å². The summed E-state index contributed by atoms with van der Waals surface area (Å²) in [6.45, 7) is 2.19. The zero-order valence-electron chi connectivity index (χ0n) is 26.1. The molecule has 2 aromatic heterocycles. The quantitative estimate of drug-likeness (QED) is 0.0916. The first-order valence-corrected chi connectivity index (χ1v) is 16.6. The number of hydrogen-bond donors (Lipinski definition) is 4. The Morgan fingerprint density at radius 3 is 2.51 bits per heavy atom. The average molecular weight is 709 g/mol. The number of rotatable bonds is 11. The van der Waals surface area contributed by atoms with Crippen LogP contribution in [0.5, 0.6) is 0 Å². The molecule has 254 valence electrons. The van der Waals surface area contributed by atoms with Crippen molar-refractivity contribution in [3.05, 3.63) is 65.9 Å². The number of nitrogen functional groups attached to an aromatic ring is 1. The van der Waals surface area contributed by atoms with E-state index in [0.29, 0.717) is 23.6 Å². The van der Waals surface area contributed by atoms with Gasteiger partial charge in [0.05, 0.1) is 13.1 Å². The molecule has 1 aromatic carbocycles. The summed E-state index contributed by atoms with van der Waals surface area (Å²) in [6, 6.07) is 10.2. The first-order valence-electron chi connectivity index (χ1n) is 14.8. The number of aliphatic carboxylic acids is 1. The number of hydrogen-bond acceptors (Lipinski definition) is 13. The molecule has 2 fully saturated rings. The number of carbonyl (C=O) groups is 5. The van der Waals surface area contributed by atoms with E-state index in [9.17, 15) is 29.1 Å². The van der Waals surface area contributed by atoms with Crippen molar-refractivity contribution in [2.24, 2.45) is 5.16 Å². The fourth-order valence-corrected chi connectivity index (χ4v) is 7.30.